The summed E-state index contributed by atoms with van der Waals surface area (Å²) in [5, 5.41) is 6.18. The fourth-order valence-electron chi connectivity index (χ4n) is 2.96. The number of nitrogens with one attached hydrogen (secondary N) is 1. The van der Waals surface area contributed by atoms with Crippen LogP contribution in [0.1, 0.15) is 16.7 Å². The summed E-state index contributed by atoms with van der Waals surface area (Å²) < 4.78 is 6.03. The number of aromatic nitrogens is 2. The van der Waals surface area contributed by atoms with Crippen LogP contribution in [0.3, 0.4) is 0 Å². The van der Waals surface area contributed by atoms with E-state index < -0.39 is 0 Å². The fourth-order valence-corrected chi connectivity index (χ4v) is 3.27. The van der Waals surface area contributed by atoms with Gasteiger partial charge in [0.05, 0.1) is 10.0 Å². The maximum Gasteiger partial charge on any atom is 0.337 e. The highest BCUT2D eigenvalue weighted by molar-refractivity contribution is 6.32. The third-order valence-corrected chi connectivity index (χ3v) is 5.42. The molecule has 1 aromatic heterocycles. The van der Waals surface area contributed by atoms with Gasteiger partial charge in [-0.2, -0.15) is 5.12 Å². The van der Waals surface area contributed by atoms with Crippen LogP contribution in [-0.2, 0) is 6.61 Å². The number of hydrogen-bond donors (Lipinski definition) is 2. The van der Waals surface area contributed by atoms with E-state index in [-0.39, 0.29) is 12.6 Å². The maximum absolute atomic E-state index is 12.4. The number of hydrogen-bond acceptors (Lipinski definition) is 6. The summed E-state index contributed by atoms with van der Waals surface area (Å²) in [5.74, 6) is 6.67. The average molecular weight is 475 g/mol. The highest BCUT2D eigenvalue weighted by Crippen LogP contribution is 2.33. The van der Waals surface area contributed by atoms with Gasteiger partial charge in [0.2, 0.25) is 0 Å². The zero-order valence-electron chi connectivity index (χ0n) is 18.2. The Morgan fingerprint density at radius 1 is 1.12 bits per heavy atom. The number of amides is 2. The number of nitrogens with two attached hydrogens (primary N) is 1. The molecule has 3 aromatic rings. The number of carbonyl (C=O) groups excluding carboxylic acids is 1. The predicted molar refractivity (Wildman–Crippen MR) is 126 cm³/mol. The van der Waals surface area contributed by atoms with E-state index in [9.17, 15) is 4.79 Å². The number of aryl methyl sites for hydroxylation is 2. The molecule has 8 nitrogen and oxygen atoms in total. The summed E-state index contributed by atoms with van der Waals surface area (Å²) in [6, 6.07) is 8.84. The van der Waals surface area contributed by atoms with Gasteiger partial charge in [0.1, 0.15) is 12.4 Å². The van der Waals surface area contributed by atoms with Crippen molar-refractivity contribution in [3.63, 3.8) is 0 Å². The summed E-state index contributed by atoms with van der Waals surface area (Å²) in [6.07, 6.45) is 3.07. The van der Waals surface area contributed by atoms with E-state index in [1.807, 2.05) is 38.1 Å². The summed E-state index contributed by atoms with van der Waals surface area (Å²) in [5.41, 5.74) is 4.11. The van der Waals surface area contributed by atoms with Gasteiger partial charge in [0.25, 0.3) is 0 Å². The molecule has 0 bridgehead atoms. The van der Waals surface area contributed by atoms with Crippen molar-refractivity contribution in [2.75, 3.05) is 19.4 Å². The standard InChI is InChI=1S/C22H24Cl2N6O2/c1-13-6-5-7-19(28-22(31)29(3)30(4)25)17(13)12-32-20-8-14(2)16(9-18(20)24)21-26-10-15(23)11-27-21/h5-11H,12,25H2,1-4H3,(H,28,31). The average Bonchev–Trinajstić information content (AvgIpc) is 2.75. The molecule has 2 aromatic carbocycles. The number of rotatable bonds is 6. The lowest BCUT2D eigenvalue weighted by atomic mass is 10.1. The van der Waals surface area contributed by atoms with Crippen LogP contribution in [0.2, 0.25) is 10.0 Å². The Bertz CT molecular complexity index is 1120. The lowest BCUT2D eigenvalue weighted by Gasteiger charge is -2.24. The quantitative estimate of drug-likeness (QED) is 0.392. The minimum absolute atomic E-state index is 0.209. The van der Waals surface area contributed by atoms with Crippen LogP contribution in [-0.4, -0.2) is 40.2 Å². The summed E-state index contributed by atoms with van der Waals surface area (Å²) >= 11 is 12.4. The summed E-state index contributed by atoms with van der Waals surface area (Å²) in [6.45, 7) is 4.08. The second kappa shape index (κ2) is 10.1. The fraction of sp³-hybridized carbons (Fsp3) is 0.227. The minimum atomic E-state index is -0.372. The molecule has 0 fully saturated rings. The summed E-state index contributed by atoms with van der Waals surface area (Å²) in [7, 11) is 3.14. The van der Waals surface area contributed by atoms with Crippen LogP contribution < -0.4 is 15.9 Å². The highest BCUT2D eigenvalue weighted by atomic mass is 35.5. The first-order valence-electron chi connectivity index (χ1n) is 9.69. The topological polar surface area (TPSA) is 96.6 Å². The number of anilines is 1. The number of nitrogens with zero attached hydrogens (tertiary/aromatic N) is 4. The Morgan fingerprint density at radius 3 is 2.47 bits per heavy atom. The Kier molecular flexibility index (Phi) is 7.52. The van der Waals surface area contributed by atoms with Gasteiger partial charge < -0.3 is 10.1 Å². The van der Waals surface area contributed by atoms with Crippen LogP contribution >= 0.6 is 23.2 Å². The first kappa shape index (κ1) is 23.7. The van der Waals surface area contributed by atoms with E-state index in [1.165, 1.54) is 22.5 Å². The number of carbonyl (C=O) groups is 1. The van der Waals surface area contributed by atoms with Crippen LogP contribution in [0.4, 0.5) is 10.5 Å². The number of urea groups is 1. The van der Waals surface area contributed by atoms with Crippen LogP contribution in [0.5, 0.6) is 5.75 Å². The minimum Gasteiger partial charge on any atom is -0.487 e. The SMILES string of the molecule is Cc1cc(OCc2c(C)cccc2NC(=O)N(C)N(C)N)c(Cl)cc1-c1ncc(Cl)cn1. The van der Waals surface area contributed by atoms with Gasteiger partial charge >= 0.3 is 6.03 Å². The molecular formula is C22H24Cl2N6O2. The first-order valence-corrected chi connectivity index (χ1v) is 10.5. The third kappa shape index (κ3) is 5.46. The van der Waals surface area contributed by atoms with E-state index in [2.05, 4.69) is 15.3 Å². The number of hydrazine groups is 2. The van der Waals surface area contributed by atoms with E-state index >= 15 is 0 Å². The Hall–Kier alpha value is -2.91. The molecule has 32 heavy (non-hydrogen) atoms. The van der Waals surface area contributed by atoms with Crippen molar-refractivity contribution in [2.24, 2.45) is 5.84 Å². The Labute approximate surface area is 196 Å². The molecule has 10 heteroatoms. The van der Waals surface area contributed by atoms with Gasteiger partial charge in [-0.25, -0.2) is 19.8 Å². The molecule has 0 saturated carbocycles. The normalized spacial score (nSPS) is 10.9. The van der Waals surface area contributed by atoms with Gasteiger partial charge in [0, 0.05) is 43.3 Å². The molecule has 0 radical (unpaired) electrons. The van der Waals surface area contributed by atoms with Crippen molar-refractivity contribution in [1.82, 2.24) is 20.1 Å². The zero-order chi connectivity index (χ0) is 23.4. The predicted octanol–water partition coefficient (Wildman–Crippen LogP) is 4.83. The van der Waals surface area contributed by atoms with Crippen LogP contribution in [0, 0.1) is 13.8 Å². The van der Waals surface area contributed by atoms with Gasteiger partial charge in [-0.05, 0) is 43.2 Å². The Morgan fingerprint density at radius 2 is 1.81 bits per heavy atom. The lowest BCUT2D eigenvalue weighted by Crippen LogP contribution is -2.47. The monoisotopic (exact) mass is 474 g/mol. The van der Waals surface area contributed by atoms with Gasteiger partial charge in [-0.15, -0.1) is 0 Å². The van der Waals surface area contributed by atoms with Gasteiger partial charge in [-0.3, -0.25) is 5.84 Å². The molecule has 0 saturated heterocycles. The number of halogens is 2. The van der Waals surface area contributed by atoms with Gasteiger partial charge in [0.15, 0.2) is 5.82 Å². The molecule has 0 atom stereocenters. The van der Waals surface area contributed by atoms with Crippen LogP contribution in [0.15, 0.2) is 42.7 Å². The molecule has 0 aliphatic rings. The van der Waals surface area contributed by atoms with E-state index in [0.29, 0.717) is 27.3 Å². The molecule has 0 spiro atoms. The molecule has 168 valence electrons. The molecule has 0 aliphatic heterocycles. The van der Waals surface area contributed by atoms with E-state index in [0.717, 1.165) is 22.3 Å². The molecule has 3 N–H and O–H groups in total. The second-order valence-corrected chi connectivity index (χ2v) is 8.08. The van der Waals surface area contributed by atoms with Gasteiger partial charge in [-0.1, -0.05) is 35.3 Å². The first-order chi connectivity index (χ1) is 15.2. The molecule has 3 rings (SSSR count). The molecule has 0 unspecified atom stereocenters. The third-order valence-electron chi connectivity index (χ3n) is 4.93. The van der Waals surface area contributed by atoms with Crippen molar-refractivity contribution in [3.8, 4) is 17.1 Å². The summed E-state index contributed by atoms with van der Waals surface area (Å²) in [4.78, 5) is 20.9. The number of ether oxygens (including phenoxy) is 1. The smallest absolute Gasteiger partial charge is 0.337 e. The van der Waals surface area contributed by atoms with Crippen molar-refractivity contribution < 1.29 is 9.53 Å². The van der Waals surface area contributed by atoms with Crippen LogP contribution in [0.25, 0.3) is 11.4 Å². The lowest BCUT2D eigenvalue weighted by molar-refractivity contribution is 0.0705. The van der Waals surface area contributed by atoms with E-state index in [4.69, 9.17) is 33.8 Å². The van der Waals surface area contributed by atoms with Crippen molar-refractivity contribution >= 4 is 34.9 Å². The van der Waals surface area contributed by atoms with E-state index in [1.54, 1.807) is 20.2 Å². The second-order valence-electron chi connectivity index (χ2n) is 7.24. The maximum atomic E-state index is 12.4. The van der Waals surface area contributed by atoms with Crippen molar-refractivity contribution in [1.29, 1.82) is 0 Å². The zero-order valence-corrected chi connectivity index (χ0v) is 19.7. The number of benzene rings is 2. The van der Waals surface area contributed by atoms with Crippen molar-refractivity contribution in [2.45, 2.75) is 20.5 Å². The van der Waals surface area contributed by atoms with Crippen molar-refractivity contribution in [3.05, 3.63) is 69.5 Å². The molecule has 1 heterocycles. The molecular weight excluding hydrogens is 451 g/mol. The largest absolute Gasteiger partial charge is 0.487 e. The molecule has 2 amide bonds. The Balaban J connectivity index is 1.82. The molecule has 0 aliphatic carbocycles. The highest BCUT2D eigenvalue weighted by Gasteiger charge is 2.16.